The van der Waals surface area contributed by atoms with E-state index in [1.54, 1.807) is 36.4 Å². The summed E-state index contributed by atoms with van der Waals surface area (Å²) < 4.78 is 9.73. The molecule has 0 aliphatic rings. The lowest BCUT2D eigenvalue weighted by Crippen LogP contribution is -2.34. The summed E-state index contributed by atoms with van der Waals surface area (Å²) in [4.78, 5) is 46.2. The Morgan fingerprint density at radius 3 is 2.37 bits per heavy atom. The van der Waals surface area contributed by atoms with Crippen LogP contribution < -0.4 is 10.6 Å². The summed E-state index contributed by atoms with van der Waals surface area (Å²) in [6.07, 6.45) is -0.937. The highest BCUT2D eigenvalue weighted by Crippen LogP contribution is 2.11. The number of anilines is 1. The van der Waals surface area contributed by atoms with Gasteiger partial charge in [-0.3, -0.25) is 14.9 Å². The second-order valence-electron chi connectivity index (χ2n) is 5.45. The Labute approximate surface area is 155 Å². The fraction of sp³-hybridized carbons (Fsp3) is 0.158. The number of alkyl carbamates (subject to hydrolysis) is 1. The van der Waals surface area contributed by atoms with Gasteiger partial charge in [-0.1, -0.05) is 36.4 Å². The molecule has 0 radical (unpaired) electrons. The van der Waals surface area contributed by atoms with Gasteiger partial charge >= 0.3 is 12.1 Å². The molecule has 0 aromatic heterocycles. The van der Waals surface area contributed by atoms with Gasteiger partial charge in [0.05, 0.1) is 5.56 Å². The van der Waals surface area contributed by atoms with Gasteiger partial charge in [-0.2, -0.15) is 0 Å². The maximum atomic E-state index is 12.0. The van der Waals surface area contributed by atoms with Gasteiger partial charge in [0.1, 0.15) is 6.61 Å². The Hall–Kier alpha value is -3.68. The number of ether oxygens (including phenoxy) is 2. The van der Waals surface area contributed by atoms with Crippen molar-refractivity contribution in [2.75, 3.05) is 11.9 Å². The minimum atomic E-state index is -0.937. The Balaban J connectivity index is 1.76. The van der Waals surface area contributed by atoms with E-state index in [4.69, 9.17) is 9.47 Å². The largest absolute Gasteiger partial charge is 0.452 e. The van der Waals surface area contributed by atoms with Crippen molar-refractivity contribution in [1.82, 2.24) is 5.32 Å². The van der Waals surface area contributed by atoms with E-state index >= 15 is 0 Å². The van der Waals surface area contributed by atoms with Crippen molar-refractivity contribution in [3.05, 3.63) is 65.7 Å². The Morgan fingerprint density at radius 1 is 0.926 bits per heavy atom. The zero-order chi connectivity index (χ0) is 19.6. The molecule has 140 valence electrons. The van der Waals surface area contributed by atoms with Crippen LogP contribution in [0.3, 0.4) is 0 Å². The summed E-state index contributed by atoms with van der Waals surface area (Å²) in [7, 11) is 0. The Kier molecular flexibility index (Phi) is 7.07. The van der Waals surface area contributed by atoms with Crippen LogP contribution in [0.25, 0.3) is 0 Å². The topological polar surface area (TPSA) is 111 Å². The first-order chi connectivity index (χ1) is 12.9. The molecule has 0 atom stereocenters. The van der Waals surface area contributed by atoms with Crippen molar-refractivity contribution in [1.29, 1.82) is 0 Å². The minimum absolute atomic E-state index is 0.00961. The van der Waals surface area contributed by atoms with Crippen molar-refractivity contribution < 1.29 is 28.7 Å². The van der Waals surface area contributed by atoms with Crippen LogP contribution in [0.4, 0.5) is 10.5 Å². The van der Waals surface area contributed by atoms with E-state index in [0.29, 0.717) is 5.69 Å². The highest BCUT2D eigenvalue weighted by atomic mass is 16.6. The number of hydrogen-bond acceptors (Lipinski definition) is 6. The Bertz CT molecular complexity index is 835. The van der Waals surface area contributed by atoms with Gasteiger partial charge < -0.3 is 14.8 Å². The second-order valence-corrected chi connectivity index (χ2v) is 5.45. The zero-order valence-corrected chi connectivity index (χ0v) is 14.6. The SMILES string of the molecule is CC(=O)Nc1cccc(C(=O)OCC(=O)NC(=O)OCc2ccccc2)c1. The number of hydrogen-bond donors (Lipinski definition) is 2. The van der Waals surface area contributed by atoms with Crippen LogP contribution in [0.5, 0.6) is 0 Å². The van der Waals surface area contributed by atoms with Gasteiger partial charge in [-0.25, -0.2) is 9.59 Å². The lowest BCUT2D eigenvalue weighted by molar-refractivity contribution is -0.123. The van der Waals surface area contributed by atoms with Crippen molar-refractivity contribution >= 4 is 29.6 Å². The number of carbonyl (C=O) groups is 4. The van der Waals surface area contributed by atoms with Crippen LogP contribution in [0.15, 0.2) is 54.6 Å². The summed E-state index contributed by atoms with van der Waals surface area (Å²) in [5.74, 6) is -1.87. The molecular weight excluding hydrogens is 352 g/mol. The van der Waals surface area contributed by atoms with E-state index in [1.807, 2.05) is 11.4 Å². The maximum absolute atomic E-state index is 12.0. The van der Waals surface area contributed by atoms with E-state index in [0.717, 1.165) is 5.56 Å². The standard InChI is InChI=1S/C19H18N2O6/c1-13(22)20-16-9-5-8-15(10-16)18(24)26-12-17(23)21-19(25)27-11-14-6-3-2-4-7-14/h2-10H,11-12H2,1H3,(H,20,22)(H,21,23,25). The summed E-state index contributed by atoms with van der Waals surface area (Å²) >= 11 is 0. The van der Waals surface area contributed by atoms with E-state index in [9.17, 15) is 19.2 Å². The molecule has 2 aromatic carbocycles. The lowest BCUT2D eigenvalue weighted by Gasteiger charge is -2.08. The third kappa shape index (κ3) is 6.99. The number of nitrogens with one attached hydrogen (secondary N) is 2. The van der Waals surface area contributed by atoms with Crippen molar-refractivity contribution in [3.8, 4) is 0 Å². The average molecular weight is 370 g/mol. The lowest BCUT2D eigenvalue weighted by atomic mass is 10.2. The van der Waals surface area contributed by atoms with E-state index in [1.165, 1.54) is 19.1 Å². The monoisotopic (exact) mass is 370 g/mol. The van der Waals surface area contributed by atoms with E-state index in [-0.39, 0.29) is 18.1 Å². The van der Waals surface area contributed by atoms with Gasteiger partial charge in [-0.15, -0.1) is 0 Å². The fourth-order valence-electron chi connectivity index (χ4n) is 2.05. The predicted octanol–water partition coefficient (Wildman–Crippen LogP) is 2.25. The number of imide groups is 1. The molecule has 0 bridgehead atoms. The molecule has 0 saturated carbocycles. The average Bonchev–Trinajstić information content (AvgIpc) is 2.65. The minimum Gasteiger partial charge on any atom is -0.452 e. The van der Waals surface area contributed by atoms with Gasteiger partial charge in [0.25, 0.3) is 5.91 Å². The third-order valence-electron chi connectivity index (χ3n) is 3.21. The molecular formula is C19H18N2O6. The van der Waals surface area contributed by atoms with Crippen LogP contribution in [0.2, 0.25) is 0 Å². The first-order valence-corrected chi connectivity index (χ1v) is 7.99. The number of rotatable bonds is 6. The summed E-state index contributed by atoms with van der Waals surface area (Å²) in [6, 6.07) is 15.0. The molecule has 0 heterocycles. The molecule has 3 amide bonds. The van der Waals surface area contributed by atoms with Crippen LogP contribution in [-0.4, -0.2) is 30.5 Å². The fourth-order valence-corrected chi connectivity index (χ4v) is 2.05. The molecule has 2 N–H and O–H groups in total. The van der Waals surface area contributed by atoms with Gasteiger partial charge in [0, 0.05) is 12.6 Å². The van der Waals surface area contributed by atoms with Gasteiger partial charge in [-0.05, 0) is 23.8 Å². The van der Waals surface area contributed by atoms with Crippen LogP contribution in [-0.2, 0) is 25.7 Å². The first-order valence-electron chi connectivity index (χ1n) is 7.99. The summed E-state index contributed by atoms with van der Waals surface area (Å²) in [6.45, 7) is 0.700. The summed E-state index contributed by atoms with van der Waals surface area (Å²) in [5, 5.41) is 4.49. The molecule has 2 rings (SSSR count). The van der Waals surface area contributed by atoms with E-state index < -0.39 is 24.6 Å². The number of esters is 1. The molecule has 2 aromatic rings. The highest BCUT2D eigenvalue weighted by molar-refractivity contribution is 5.96. The van der Waals surface area contributed by atoms with Crippen molar-refractivity contribution in [2.24, 2.45) is 0 Å². The Morgan fingerprint density at radius 2 is 1.67 bits per heavy atom. The predicted molar refractivity (Wildman–Crippen MR) is 95.8 cm³/mol. The molecule has 0 fully saturated rings. The van der Waals surface area contributed by atoms with Crippen molar-refractivity contribution in [2.45, 2.75) is 13.5 Å². The second kappa shape index (κ2) is 9.71. The van der Waals surface area contributed by atoms with Crippen LogP contribution in [0, 0.1) is 0 Å². The molecule has 0 aliphatic carbocycles. The first kappa shape index (κ1) is 19.6. The van der Waals surface area contributed by atoms with Crippen LogP contribution in [0.1, 0.15) is 22.8 Å². The van der Waals surface area contributed by atoms with Crippen LogP contribution >= 0.6 is 0 Å². The molecule has 8 nitrogen and oxygen atoms in total. The smallest absolute Gasteiger partial charge is 0.414 e. The number of carbonyl (C=O) groups excluding carboxylic acids is 4. The molecule has 0 spiro atoms. The maximum Gasteiger partial charge on any atom is 0.414 e. The van der Waals surface area contributed by atoms with Gasteiger partial charge in [0.15, 0.2) is 6.61 Å². The highest BCUT2D eigenvalue weighted by Gasteiger charge is 2.14. The van der Waals surface area contributed by atoms with Gasteiger partial charge in [0.2, 0.25) is 5.91 Å². The molecule has 0 aliphatic heterocycles. The molecule has 0 saturated heterocycles. The number of benzene rings is 2. The zero-order valence-electron chi connectivity index (χ0n) is 14.6. The van der Waals surface area contributed by atoms with Crippen molar-refractivity contribution in [3.63, 3.8) is 0 Å². The quantitative estimate of drug-likeness (QED) is 0.755. The molecule has 0 unspecified atom stereocenters. The number of amides is 3. The van der Waals surface area contributed by atoms with E-state index in [2.05, 4.69) is 5.32 Å². The third-order valence-corrected chi connectivity index (χ3v) is 3.21. The molecule has 27 heavy (non-hydrogen) atoms. The molecule has 8 heteroatoms. The summed E-state index contributed by atoms with van der Waals surface area (Å²) in [5.41, 5.74) is 1.34. The normalized spacial score (nSPS) is 9.81.